The molecule has 3 nitrogen and oxygen atoms in total. The standard InChI is InChI=1S/C2H4.CH2O3.3Li.3H/c1-2;2-1(3)4;;;;;;/h1-2H2;(H2,2,3,4);;;;;;. The summed E-state index contributed by atoms with van der Waals surface area (Å²) < 4.78 is 0. The van der Waals surface area contributed by atoms with Crippen molar-refractivity contribution in [2.75, 3.05) is 0 Å². The van der Waals surface area contributed by atoms with Gasteiger partial charge in [0.05, 0.1) is 0 Å². The molecule has 42 valence electrons. The Hall–Kier alpha value is 0.802. The zero-order valence-electron chi connectivity index (χ0n) is 3.22. The normalized spacial score (nSPS) is 3.11. The van der Waals surface area contributed by atoms with Crippen molar-refractivity contribution in [3.8, 4) is 0 Å². The van der Waals surface area contributed by atoms with Gasteiger partial charge < -0.3 is 10.2 Å². The van der Waals surface area contributed by atoms with Gasteiger partial charge in [-0.2, -0.15) is 0 Å². The molecule has 0 aromatic carbocycles. The van der Waals surface area contributed by atoms with Crippen LogP contribution in [0.15, 0.2) is 13.2 Å². The molecule has 0 aromatic heterocycles. The van der Waals surface area contributed by atoms with Gasteiger partial charge in [-0.1, -0.05) is 0 Å². The number of hydrogen-bond acceptors (Lipinski definition) is 1. The fraction of sp³-hybridized carbons (Fsp3) is 0. The Kier molecular flexibility index (Phi) is 136. The van der Waals surface area contributed by atoms with E-state index in [9.17, 15) is 0 Å². The number of rotatable bonds is 0. The van der Waals surface area contributed by atoms with Crippen molar-refractivity contribution < 1.29 is 15.0 Å². The first kappa shape index (κ1) is 32.9. The second-order valence-corrected chi connectivity index (χ2v) is 0.283. The van der Waals surface area contributed by atoms with E-state index in [1.165, 1.54) is 0 Å². The molecule has 0 amide bonds. The Labute approximate surface area is 90.4 Å². The van der Waals surface area contributed by atoms with Crippen LogP contribution in [-0.2, 0) is 0 Å². The molecular weight excluding hydrogens is 105 g/mol. The Bertz CT molecular complexity index is 45.6. The summed E-state index contributed by atoms with van der Waals surface area (Å²) in [6.45, 7) is 6.00. The molecule has 0 spiro atoms. The molecule has 0 saturated carbocycles. The Morgan fingerprint density at radius 2 is 1.00 bits per heavy atom. The molecule has 0 aliphatic rings. The van der Waals surface area contributed by atoms with E-state index in [0.29, 0.717) is 0 Å². The summed E-state index contributed by atoms with van der Waals surface area (Å²) in [5.41, 5.74) is 0. The molecule has 0 aliphatic carbocycles. The first-order chi connectivity index (χ1) is 2.73. The van der Waals surface area contributed by atoms with Gasteiger partial charge in [0, 0.05) is 0 Å². The molecular formula is C3H9Li3O3. The van der Waals surface area contributed by atoms with Gasteiger partial charge in [-0.15, -0.1) is 13.2 Å². The van der Waals surface area contributed by atoms with Gasteiger partial charge >= 0.3 is 62.7 Å². The fourth-order valence-electron chi connectivity index (χ4n) is 0. The molecule has 0 fully saturated rings. The van der Waals surface area contributed by atoms with E-state index < -0.39 is 6.16 Å². The second-order valence-electron chi connectivity index (χ2n) is 0.283. The maximum atomic E-state index is 8.56. The quantitative estimate of drug-likeness (QED) is 0.316. The zero-order chi connectivity index (χ0) is 5.58. The predicted molar refractivity (Wildman–Crippen MR) is 43.4 cm³/mol. The predicted octanol–water partition coefficient (Wildman–Crippen LogP) is -0.921. The molecule has 0 saturated heterocycles. The van der Waals surface area contributed by atoms with Crippen LogP contribution in [0.2, 0.25) is 0 Å². The topological polar surface area (TPSA) is 57.5 Å². The SMILES string of the molecule is C=C.O=C(O)O.[LiH].[LiH].[LiH]. The first-order valence-corrected chi connectivity index (χ1v) is 1.15. The molecule has 0 aliphatic heterocycles. The Morgan fingerprint density at radius 1 is 1.00 bits per heavy atom. The third-order valence-corrected chi connectivity index (χ3v) is 0. The van der Waals surface area contributed by atoms with Crippen LogP contribution in [0.5, 0.6) is 0 Å². The van der Waals surface area contributed by atoms with Crippen LogP contribution < -0.4 is 0 Å². The van der Waals surface area contributed by atoms with Crippen LogP contribution in [0.4, 0.5) is 4.79 Å². The van der Waals surface area contributed by atoms with E-state index in [2.05, 4.69) is 13.2 Å². The molecule has 9 heavy (non-hydrogen) atoms. The molecule has 2 N–H and O–H groups in total. The average molecular weight is 114 g/mol. The molecule has 0 aromatic rings. The third kappa shape index (κ3) is 633. The van der Waals surface area contributed by atoms with E-state index in [4.69, 9.17) is 15.0 Å². The van der Waals surface area contributed by atoms with Crippen LogP contribution in [0.3, 0.4) is 0 Å². The molecule has 6 heteroatoms. The molecule has 0 radical (unpaired) electrons. The number of hydrogen-bond donors (Lipinski definition) is 2. The molecule has 0 atom stereocenters. The minimum absolute atomic E-state index is 0. The van der Waals surface area contributed by atoms with E-state index in [-0.39, 0.29) is 56.6 Å². The first-order valence-electron chi connectivity index (χ1n) is 1.15. The zero-order valence-corrected chi connectivity index (χ0v) is 3.22. The Morgan fingerprint density at radius 3 is 1.00 bits per heavy atom. The summed E-state index contributed by atoms with van der Waals surface area (Å²) in [5.74, 6) is 0. The van der Waals surface area contributed by atoms with Crippen LogP contribution >= 0.6 is 0 Å². The van der Waals surface area contributed by atoms with E-state index in [1.54, 1.807) is 0 Å². The van der Waals surface area contributed by atoms with Gasteiger partial charge in [0.2, 0.25) is 0 Å². The van der Waals surface area contributed by atoms with Gasteiger partial charge in [0.1, 0.15) is 0 Å². The van der Waals surface area contributed by atoms with Crippen molar-refractivity contribution in [2.24, 2.45) is 0 Å². The molecule has 0 heterocycles. The summed E-state index contributed by atoms with van der Waals surface area (Å²) in [6.07, 6.45) is -1.83. The van der Waals surface area contributed by atoms with Gasteiger partial charge in [0.15, 0.2) is 0 Å². The fourth-order valence-corrected chi connectivity index (χ4v) is 0. The number of carbonyl (C=O) groups is 1. The van der Waals surface area contributed by atoms with Crippen molar-refractivity contribution in [1.82, 2.24) is 0 Å². The number of carboxylic acid groups (broad SMARTS) is 2. The molecule has 0 bridgehead atoms. The summed E-state index contributed by atoms with van der Waals surface area (Å²) >= 11 is 0. The van der Waals surface area contributed by atoms with Crippen molar-refractivity contribution >= 4 is 62.7 Å². The van der Waals surface area contributed by atoms with Crippen LogP contribution in [0.1, 0.15) is 0 Å². The average Bonchev–Trinajstić information content (AvgIpc) is 1.41. The van der Waals surface area contributed by atoms with E-state index >= 15 is 0 Å². The van der Waals surface area contributed by atoms with Gasteiger partial charge in [-0.05, 0) is 0 Å². The monoisotopic (exact) mass is 114 g/mol. The van der Waals surface area contributed by atoms with Crippen LogP contribution in [-0.4, -0.2) is 73.0 Å². The van der Waals surface area contributed by atoms with Crippen molar-refractivity contribution in [3.63, 3.8) is 0 Å². The maximum absolute atomic E-state index is 8.56. The van der Waals surface area contributed by atoms with Crippen molar-refractivity contribution in [2.45, 2.75) is 0 Å². The molecule has 0 unspecified atom stereocenters. The summed E-state index contributed by atoms with van der Waals surface area (Å²) in [6, 6.07) is 0. The van der Waals surface area contributed by atoms with Crippen LogP contribution in [0, 0.1) is 0 Å². The van der Waals surface area contributed by atoms with E-state index in [0.717, 1.165) is 0 Å². The second kappa shape index (κ2) is 37.1. The van der Waals surface area contributed by atoms with Crippen LogP contribution in [0.25, 0.3) is 0 Å². The van der Waals surface area contributed by atoms with Gasteiger partial charge in [-0.3, -0.25) is 0 Å². The third-order valence-electron chi connectivity index (χ3n) is 0. The molecule has 0 rings (SSSR count). The van der Waals surface area contributed by atoms with Crippen molar-refractivity contribution in [1.29, 1.82) is 0 Å². The summed E-state index contributed by atoms with van der Waals surface area (Å²) in [7, 11) is 0. The summed E-state index contributed by atoms with van der Waals surface area (Å²) in [4.78, 5) is 8.56. The Balaban J connectivity index is -0.00000000990. The van der Waals surface area contributed by atoms with Gasteiger partial charge in [0.25, 0.3) is 0 Å². The minimum atomic E-state index is -1.83. The van der Waals surface area contributed by atoms with E-state index in [1.807, 2.05) is 0 Å². The summed E-state index contributed by atoms with van der Waals surface area (Å²) in [5, 5.41) is 13.9. The van der Waals surface area contributed by atoms with Crippen molar-refractivity contribution in [3.05, 3.63) is 13.2 Å². The van der Waals surface area contributed by atoms with Gasteiger partial charge in [-0.25, -0.2) is 4.79 Å².